The highest BCUT2D eigenvalue weighted by Crippen LogP contribution is 2.35. The molecule has 2 heterocycles. The third kappa shape index (κ3) is 4.51. The van der Waals surface area contributed by atoms with Crippen LogP contribution in [0.4, 0.5) is 5.69 Å². The molecule has 0 aliphatic carbocycles. The van der Waals surface area contributed by atoms with Crippen molar-refractivity contribution in [2.45, 2.75) is 20.8 Å². The Hall–Kier alpha value is -3.00. The zero-order chi connectivity index (χ0) is 24.6. The van der Waals surface area contributed by atoms with E-state index in [1.807, 2.05) is 45.0 Å². The predicted molar refractivity (Wildman–Crippen MR) is 139 cm³/mol. The summed E-state index contributed by atoms with van der Waals surface area (Å²) in [6, 6.07) is 12.7. The molecule has 0 bridgehead atoms. The molecule has 1 N–H and O–H groups in total. The van der Waals surface area contributed by atoms with Crippen LogP contribution >= 0.6 is 35.0 Å². The van der Waals surface area contributed by atoms with Crippen LogP contribution in [0.3, 0.4) is 0 Å². The molecule has 1 aliphatic rings. The lowest BCUT2D eigenvalue weighted by Gasteiger charge is -2.15. The van der Waals surface area contributed by atoms with Crippen LogP contribution in [0.1, 0.15) is 32.9 Å². The summed E-state index contributed by atoms with van der Waals surface area (Å²) in [4.78, 5) is 29.7. The van der Waals surface area contributed by atoms with Gasteiger partial charge in [-0.05, 0) is 80.1 Å². The van der Waals surface area contributed by atoms with Gasteiger partial charge in [0.2, 0.25) is 0 Å². The fourth-order valence-corrected chi connectivity index (χ4v) is 4.97. The first-order valence-electron chi connectivity index (χ1n) is 10.3. The summed E-state index contributed by atoms with van der Waals surface area (Å²) in [6.45, 7) is 5.85. The number of esters is 1. The predicted octanol–water partition coefficient (Wildman–Crippen LogP) is 6.39. The zero-order valence-electron chi connectivity index (χ0n) is 18.9. The molecule has 0 radical (unpaired) electrons. The number of aliphatic imine (C=N–C) groups is 1. The van der Waals surface area contributed by atoms with Crippen molar-refractivity contribution in [3.8, 4) is 5.69 Å². The number of benzene rings is 2. The van der Waals surface area contributed by atoms with Gasteiger partial charge >= 0.3 is 5.97 Å². The van der Waals surface area contributed by atoms with Gasteiger partial charge < -0.3 is 14.6 Å². The molecule has 0 saturated carbocycles. The maximum absolute atomic E-state index is 12.6. The summed E-state index contributed by atoms with van der Waals surface area (Å²) >= 11 is 13.5. The van der Waals surface area contributed by atoms with E-state index in [-0.39, 0.29) is 11.9 Å². The van der Waals surface area contributed by atoms with Gasteiger partial charge in [-0.2, -0.15) is 0 Å². The number of carbonyl (C=O) groups excluding carboxylic acids is 2. The number of methoxy groups -OCH3 is 1. The molecule has 1 aromatic heterocycles. The van der Waals surface area contributed by atoms with Crippen molar-refractivity contribution < 1.29 is 14.3 Å². The third-order valence-electron chi connectivity index (χ3n) is 5.51. The van der Waals surface area contributed by atoms with E-state index in [0.717, 1.165) is 28.2 Å². The first-order chi connectivity index (χ1) is 16.2. The normalized spacial score (nSPS) is 15.8. The zero-order valence-corrected chi connectivity index (χ0v) is 21.2. The van der Waals surface area contributed by atoms with E-state index in [1.165, 1.54) is 18.9 Å². The summed E-state index contributed by atoms with van der Waals surface area (Å²) in [5, 5.41) is 3.93. The number of thioether (sulfide) groups is 1. The van der Waals surface area contributed by atoms with E-state index in [0.29, 0.717) is 31.4 Å². The van der Waals surface area contributed by atoms with Crippen molar-refractivity contribution in [3.05, 3.63) is 85.5 Å². The molecule has 34 heavy (non-hydrogen) atoms. The standard InChI is InChI=1S/C25H21Cl2N3O3S/c1-13-11-16(15(3)30(13)20-10-5-7-17(14(20)2)24(32)33-4)12-21-23(31)29-25(34-21)28-19-9-6-8-18(26)22(19)27/h5-12H,1-4H3,(H,28,29,31). The van der Waals surface area contributed by atoms with Crippen LogP contribution in [0.15, 0.2) is 52.4 Å². The first kappa shape index (κ1) is 24.1. The highest BCUT2D eigenvalue weighted by atomic mass is 35.5. The van der Waals surface area contributed by atoms with Crippen molar-refractivity contribution in [1.82, 2.24) is 9.88 Å². The number of aryl methyl sites for hydroxylation is 1. The van der Waals surface area contributed by atoms with E-state index >= 15 is 0 Å². The molecule has 0 unspecified atom stereocenters. The molecular weight excluding hydrogens is 493 g/mol. The largest absolute Gasteiger partial charge is 0.465 e. The Morgan fingerprint density at radius 1 is 1.15 bits per heavy atom. The molecule has 0 atom stereocenters. The highest BCUT2D eigenvalue weighted by molar-refractivity contribution is 8.18. The monoisotopic (exact) mass is 513 g/mol. The minimum absolute atomic E-state index is 0.240. The van der Waals surface area contributed by atoms with Crippen LogP contribution in [-0.2, 0) is 9.53 Å². The lowest BCUT2D eigenvalue weighted by atomic mass is 10.1. The Kier molecular flexibility index (Phi) is 6.89. The van der Waals surface area contributed by atoms with Gasteiger partial charge in [-0.25, -0.2) is 9.79 Å². The molecule has 4 rings (SSSR count). The number of aromatic nitrogens is 1. The molecule has 3 aromatic rings. The minimum atomic E-state index is -0.380. The number of hydrogen-bond donors (Lipinski definition) is 1. The summed E-state index contributed by atoms with van der Waals surface area (Å²) in [6.07, 6.45) is 1.83. The minimum Gasteiger partial charge on any atom is -0.465 e. The molecule has 174 valence electrons. The van der Waals surface area contributed by atoms with Crippen LogP contribution in [-0.4, -0.2) is 28.7 Å². The molecule has 6 nitrogen and oxygen atoms in total. The fraction of sp³-hybridized carbons (Fsp3) is 0.160. The van der Waals surface area contributed by atoms with E-state index in [1.54, 1.807) is 24.3 Å². The molecule has 1 amide bonds. The molecule has 2 aromatic carbocycles. The second-order valence-electron chi connectivity index (χ2n) is 7.66. The SMILES string of the molecule is COC(=O)c1cccc(-n2c(C)cc(C=C3SC(=Nc4cccc(Cl)c4Cl)NC3=O)c2C)c1C. The highest BCUT2D eigenvalue weighted by Gasteiger charge is 2.25. The summed E-state index contributed by atoms with van der Waals surface area (Å²) in [5.74, 6) is -0.620. The van der Waals surface area contributed by atoms with Gasteiger partial charge in [-0.1, -0.05) is 35.3 Å². The van der Waals surface area contributed by atoms with Crippen molar-refractivity contribution in [3.63, 3.8) is 0 Å². The van der Waals surface area contributed by atoms with Crippen LogP contribution in [0, 0.1) is 20.8 Å². The van der Waals surface area contributed by atoms with Crippen molar-refractivity contribution in [2.75, 3.05) is 7.11 Å². The van der Waals surface area contributed by atoms with E-state index in [2.05, 4.69) is 14.9 Å². The molecule has 9 heteroatoms. The van der Waals surface area contributed by atoms with E-state index < -0.39 is 0 Å². The van der Waals surface area contributed by atoms with Gasteiger partial charge in [0.15, 0.2) is 5.17 Å². The summed E-state index contributed by atoms with van der Waals surface area (Å²) in [7, 11) is 1.37. The van der Waals surface area contributed by atoms with Crippen molar-refractivity contribution in [2.24, 2.45) is 4.99 Å². The molecular formula is C25H21Cl2N3O3S. The van der Waals surface area contributed by atoms with Crippen LogP contribution in [0.2, 0.25) is 10.0 Å². The van der Waals surface area contributed by atoms with Crippen molar-refractivity contribution >= 4 is 63.8 Å². The topological polar surface area (TPSA) is 72.7 Å². The van der Waals surface area contributed by atoms with Crippen LogP contribution in [0.25, 0.3) is 11.8 Å². The molecule has 1 fully saturated rings. The van der Waals surface area contributed by atoms with Gasteiger partial charge in [0.25, 0.3) is 5.91 Å². The number of amides is 1. The smallest absolute Gasteiger partial charge is 0.338 e. The Labute approximate surface area is 211 Å². The number of ether oxygens (including phenoxy) is 1. The van der Waals surface area contributed by atoms with Crippen molar-refractivity contribution in [1.29, 1.82) is 0 Å². The number of hydrogen-bond acceptors (Lipinski definition) is 5. The Morgan fingerprint density at radius 2 is 1.88 bits per heavy atom. The van der Waals surface area contributed by atoms with Gasteiger partial charge in [0.05, 0.1) is 33.3 Å². The molecule has 1 aliphatic heterocycles. The van der Waals surface area contributed by atoms with Gasteiger partial charge in [0.1, 0.15) is 0 Å². The van der Waals surface area contributed by atoms with Crippen LogP contribution in [0.5, 0.6) is 0 Å². The van der Waals surface area contributed by atoms with E-state index in [9.17, 15) is 9.59 Å². The fourth-order valence-electron chi connectivity index (χ4n) is 3.81. The lowest BCUT2D eigenvalue weighted by Crippen LogP contribution is -2.19. The third-order valence-corrected chi connectivity index (χ3v) is 7.23. The van der Waals surface area contributed by atoms with Gasteiger partial charge in [0, 0.05) is 17.1 Å². The molecule has 1 saturated heterocycles. The Balaban J connectivity index is 1.69. The van der Waals surface area contributed by atoms with Gasteiger partial charge in [-0.3, -0.25) is 4.79 Å². The number of halogens is 2. The van der Waals surface area contributed by atoms with E-state index in [4.69, 9.17) is 27.9 Å². The van der Waals surface area contributed by atoms with Gasteiger partial charge in [-0.15, -0.1) is 0 Å². The summed E-state index contributed by atoms with van der Waals surface area (Å²) in [5.41, 5.74) is 5.49. The summed E-state index contributed by atoms with van der Waals surface area (Å²) < 4.78 is 6.97. The Bertz CT molecular complexity index is 1390. The molecule has 0 spiro atoms. The first-order valence-corrected chi connectivity index (χ1v) is 11.9. The average Bonchev–Trinajstić information content (AvgIpc) is 3.29. The Morgan fingerprint density at radius 3 is 2.62 bits per heavy atom. The quantitative estimate of drug-likeness (QED) is 0.324. The number of amidine groups is 1. The maximum Gasteiger partial charge on any atom is 0.338 e. The number of carbonyl (C=O) groups is 2. The second-order valence-corrected chi connectivity index (χ2v) is 9.47. The maximum atomic E-state index is 12.6. The average molecular weight is 514 g/mol. The number of nitrogens with zero attached hydrogens (tertiary/aromatic N) is 2. The van der Waals surface area contributed by atoms with Crippen LogP contribution < -0.4 is 5.32 Å². The lowest BCUT2D eigenvalue weighted by molar-refractivity contribution is -0.115. The second kappa shape index (κ2) is 9.70. The number of rotatable bonds is 4. The number of nitrogens with one attached hydrogen (secondary N) is 1.